The van der Waals surface area contributed by atoms with Gasteiger partial charge in [0.1, 0.15) is 17.4 Å². The lowest BCUT2D eigenvalue weighted by molar-refractivity contribution is -0.112. The van der Waals surface area contributed by atoms with E-state index in [4.69, 9.17) is 10.00 Å². The number of nitrogens with one attached hydrogen (secondary N) is 2. The summed E-state index contributed by atoms with van der Waals surface area (Å²) in [5, 5.41) is 14.9. The van der Waals surface area contributed by atoms with Crippen molar-refractivity contribution in [2.75, 3.05) is 19.0 Å². The van der Waals surface area contributed by atoms with Gasteiger partial charge < -0.3 is 15.4 Å². The second-order valence-corrected chi connectivity index (χ2v) is 6.10. The SMILES string of the molecule is COc1cccc(CCN/C=C(/C#N)C(=O)Nc2ccc(Br)cc2)c1. The largest absolute Gasteiger partial charge is 0.497 e. The zero-order valence-electron chi connectivity index (χ0n) is 13.8. The number of carbonyl (C=O) groups excluding carboxylic acids is 1. The van der Waals surface area contributed by atoms with Gasteiger partial charge in [-0.15, -0.1) is 0 Å². The average Bonchev–Trinajstić information content (AvgIpc) is 2.63. The number of halogens is 1. The van der Waals surface area contributed by atoms with Crippen LogP contribution in [0.15, 0.2) is 64.8 Å². The summed E-state index contributed by atoms with van der Waals surface area (Å²) in [6, 6.07) is 16.8. The number of anilines is 1. The van der Waals surface area contributed by atoms with Crippen molar-refractivity contribution in [1.82, 2.24) is 5.32 Å². The van der Waals surface area contributed by atoms with Crippen molar-refractivity contribution in [3.05, 3.63) is 70.3 Å². The Bertz CT molecular complexity index is 795. The predicted molar refractivity (Wildman–Crippen MR) is 101 cm³/mol. The molecule has 5 nitrogen and oxygen atoms in total. The molecule has 0 aliphatic carbocycles. The summed E-state index contributed by atoms with van der Waals surface area (Å²) in [4.78, 5) is 12.1. The third kappa shape index (κ3) is 5.98. The van der Waals surface area contributed by atoms with Crippen LogP contribution in [-0.2, 0) is 11.2 Å². The number of rotatable bonds is 7. The Kier molecular flexibility index (Phi) is 7.05. The lowest BCUT2D eigenvalue weighted by Gasteiger charge is -2.06. The van der Waals surface area contributed by atoms with Crippen LogP contribution in [0.1, 0.15) is 5.56 Å². The Hall–Kier alpha value is -2.78. The van der Waals surface area contributed by atoms with Crippen LogP contribution in [0.5, 0.6) is 5.75 Å². The smallest absolute Gasteiger partial charge is 0.267 e. The third-order valence-electron chi connectivity index (χ3n) is 3.41. The molecule has 0 radical (unpaired) electrons. The lowest BCUT2D eigenvalue weighted by atomic mass is 10.1. The Morgan fingerprint density at radius 1 is 1.28 bits per heavy atom. The second kappa shape index (κ2) is 9.50. The molecule has 0 saturated carbocycles. The van der Waals surface area contributed by atoms with Gasteiger partial charge in [0.15, 0.2) is 0 Å². The molecule has 2 aromatic carbocycles. The number of carbonyl (C=O) groups is 1. The molecule has 0 aromatic heterocycles. The highest BCUT2D eigenvalue weighted by Gasteiger charge is 2.08. The van der Waals surface area contributed by atoms with Gasteiger partial charge in [0.2, 0.25) is 0 Å². The summed E-state index contributed by atoms with van der Waals surface area (Å²) in [6.45, 7) is 0.601. The van der Waals surface area contributed by atoms with Crippen LogP contribution in [0.2, 0.25) is 0 Å². The molecule has 0 heterocycles. The molecule has 128 valence electrons. The van der Waals surface area contributed by atoms with Crippen molar-refractivity contribution in [2.45, 2.75) is 6.42 Å². The van der Waals surface area contributed by atoms with Crippen molar-refractivity contribution < 1.29 is 9.53 Å². The normalized spacial score (nSPS) is 10.7. The molecular formula is C19H18BrN3O2. The molecule has 0 atom stereocenters. The molecular weight excluding hydrogens is 382 g/mol. The summed E-state index contributed by atoms with van der Waals surface area (Å²) >= 11 is 3.33. The van der Waals surface area contributed by atoms with Gasteiger partial charge in [-0.2, -0.15) is 5.26 Å². The van der Waals surface area contributed by atoms with E-state index in [1.165, 1.54) is 6.20 Å². The summed E-state index contributed by atoms with van der Waals surface area (Å²) in [6.07, 6.45) is 2.19. The molecule has 2 aromatic rings. The van der Waals surface area contributed by atoms with E-state index in [2.05, 4.69) is 26.6 Å². The van der Waals surface area contributed by atoms with Gasteiger partial charge in [0.25, 0.3) is 5.91 Å². The van der Waals surface area contributed by atoms with Crippen molar-refractivity contribution in [1.29, 1.82) is 5.26 Å². The van der Waals surface area contributed by atoms with Crippen LogP contribution < -0.4 is 15.4 Å². The fourth-order valence-electron chi connectivity index (χ4n) is 2.10. The highest BCUT2D eigenvalue weighted by molar-refractivity contribution is 9.10. The van der Waals surface area contributed by atoms with Crippen LogP contribution in [0, 0.1) is 11.3 Å². The first-order valence-corrected chi connectivity index (χ1v) is 8.45. The Labute approximate surface area is 155 Å². The number of nitriles is 1. The summed E-state index contributed by atoms with van der Waals surface area (Å²) < 4.78 is 6.10. The standard InChI is InChI=1S/C19H18BrN3O2/c1-25-18-4-2-3-14(11-18)9-10-22-13-15(12-21)19(24)23-17-7-5-16(20)6-8-17/h2-8,11,13,22H,9-10H2,1H3,(H,23,24)/b15-13-. The maximum atomic E-state index is 12.1. The van der Waals surface area contributed by atoms with E-state index >= 15 is 0 Å². The van der Waals surface area contributed by atoms with Gasteiger partial charge in [0, 0.05) is 22.9 Å². The molecule has 0 saturated heterocycles. The Balaban J connectivity index is 1.87. The van der Waals surface area contributed by atoms with E-state index in [1.54, 1.807) is 19.2 Å². The van der Waals surface area contributed by atoms with Crippen LogP contribution in [0.3, 0.4) is 0 Å². The zero-order valence-corrected chi connectivity index (χ0v) is 15.3. The van der Waals surface area contributed by atoms with Gasteiger partial charge in [-0.1, -0.05) is 28.1 Å². The van der Waals surface area contributed by atoms with Gasteiger partial charge in [-0.05, 0) is 48.4 Å². The predicted octanol–water partition coefficient (Wildman–Crippen LogP) is 3.64. The zero-order chi connectivity index (χ0) is 18.1. The monoisotopic (exact) mass is 399 g/mol. The van der Waals surface area contributed by atoms with E-state index in [1.807, 2.05) is 42.5 Å². The van der Waals surface area contributed by atoms with Crippen molar-refractivity contribution in [3.8, 4) is 11.8 Å². The first-order valence-electron chi connectivity index (χ1n) is 7.66. The molecule has 0 bridgehead atoms. The maximum absolute atomic E-state index is 12.1. The van der Waals surface area contributed by atoms with Crippen LogP contribution in [0.4, 0.5) is 5.69 Å². The molecule has 0 spiro atoms. The van der Waals surface area contributed by atoms with Crippen molar-refractivity contribution in [3.63, 3.8) is 0 Å². The van der Waals surface area contributed by atoms with Crippen molar-refractivity contribution >= 4 is 27.5 Å². The first kappa shape index (κ1) is 18.6. The minimum atomic E-state index is -0.446. The molecule has 0 unspecified atom stereocenters. The van der Waals surface area contributed by atoms with Crippen molar-refractivity contribution in [2.24, 2.45) is 0 Å². The van der Waals surface area contributed by atoms with Gasteiger partial charge >= 0.3 is 0 Å². The third-order valence-corrected chi connectivity index (χ3v) is 3.93. The van der Waals surface area contributed by atoms with E-state index in [9.17, 15) is 4.79 Å². The van der Waals surface area contributed by atoms with Gasteiger partial charge in [-0.25, -0.2) is 0 Å². The van der Waals surface area contributed by atoms with Gasteiger partial charge in [-0.3, -0.25) is 4.79 Å². The summed E-state index contributed by atoms with van der Waals surface area (Å²) in [5.74, 6) is 0.360. The molecule has 6 heteroatoms. The van der Waals surface area contributed by atoms with Crippen LogP contribution >= 0.6 is 15.9 Å². The first-order chi connectivity index (χ1) is 12.1. The number of amides is 1. The maximum Gasteiger partial charge on any atom is 0.267 e. The van der Waals surface area contributed by atoms with E-state index in [0.717, 1.165) is 22.2 Å². The van der Waals surface area contributed by atoms with Gasteiger partial charge in [0.05, 0.1) is 7.11 Å². The molecule has 0 aliphatic rings. The molecule has 0 fully saturated rings. The Morgan fingerprint density at radius 3 is 2.72 bits per heavy atom. The highest BCUT2D eigenvalue weighted by atomic mass is 79.9. The Morgan fingerprint density at radius 2 is 2.04 bits per heavy atom. The second-order valence-electron chi connectivity index (χ2n) is 5.19. The lowest BCUT2D eigenvalue weighted by Crippen LogP contribution is -2.18. The number of nitrogens with zero attached hydrogens (tertiary/aromatic N) is 1. The molecule has 0 aliphatic heterocycles. The minimum Gasteiger partial charge on any atom is -0.497 e. The van der Waals surface area contributed by atoms with Crippen LogP contribution in [-0.4, -0.2) is 19.6 Å². The summed E-state index contributed by atoms with van der Waals surface area (Å²) in [5.41, 5.74) is 1.76. The number of hydrogen-bond acceptors (Lipinski definition) is 4. The number of methoxy groups -OCH3 is 1. The van der Waals surface area contributed by atoms with E-state index < -0.39 is 5.91 Å². The fourth-order valence-corrected chi connectivity index (χ4v) is 2.36. The van der Waals surface area contributed by atoms with E-state index in [-0.39, 0.29) is 5.57 Å². The highest BCUT2D eigenvalue weighted by Crippen LogP contribution is 2.15. The molecule has 25 heavy (non-hydrogen) atoms. The number of benzene rings is 2. The number of hydrogen-bond donors (Lipinski definition) is 2. The quantitative estimate of drug-likeness (QED) is 0.423. The molecule has 1 amide bonds. The molecule has 2 N–H and O–H groups in total. The van der Waals surface area contributed by atoms with Crippen LogP contribution in [0.25, 0.3) is 0 Å². The molecule has 2 rings (SSSR count). The topological polar surface area (TPSA) is 74.1 Å². The number of ether oxygens (including phenoxy) is 1. The minimum absolute atomic E-state index is 0.0218. The average molecular weight is 400 g/mol. The summed E-state index contributed by atoms with van der Waals surface area (Å²) in [7, 11) is 1.63. The fraction of sp³-hybridized carbons (Fsp3) is 0.158. The van der Waals surface area contributed by atoms with E-state index in [0.29, 0.717) is 12.2 Å².